The lowest BCUT2D eigenvalue weighted by Gasteiger charge is -2.31. The zero-order valence-electron chi connectivity index (χ0n) is 14.2. The van der Waals surface area contributed by atoms with Gasteiger partial charge in [0.2, 0.25) is 0 Å². The van der Waals surface area contributed by atoms with E-state index in [1.54, 1.807) is 0 Å². The second kappa shape index (κ2) is 7.29. The summed E-state index contributed by atoms with van der Waals surface area (Å²) >= 11 is 0. The van der Waals surface area contributed by atoms with Gasteiger partial charge >= 0.3 is 12.1 Å². The van der Waals surface area contributed by atoms with Gasteiger partial charge in [-0.2, -0.15) is 13.2 Å². The number of hydrogen-bond donors (Lipinski definition) is 3. The van der Waals surface area contributed by atoms with E-state index in [1.807, 2.05) is 4.90 Å². The van der Waals surface area contributed by atoms with Gasteiger partial charge in [0.15, 0.2) is 11.6 Å². The van der Waals surface area contributed by atoms with Crippen molar-refractivity contribution in [3.8, 4) is 0 Å². The first-order valence-corrected chi connectivity index (χ1v) is 8.29. The highest BCUT2D eigenvalue weighted by molar-refractivity contribution is 5.79. The van der Waals surface area contributed by atoms with E-state index in [1.165, 1.54) is 24.5 Å². The summed E-state index contributed by atoms with van der Waals surface area (Å²) < 4.78 is 39.5. The lowest BCUT2D eigenvalue weighted by atomic mass is 9.97. The predicted molar refractivity (Wildman–Crippen MR) is 93.7 cm³/mol. The Labute approximate surface area is 153 Å². The Bertz CT molecular complexity index is 836. The highest BCUT2D eigenvalue weighted by atomic mass is 19.4. The highest BCUT2D eigenvalue weighted by Crippen LogP contribution is 2.37. The standard InChI is InChI=1S/C17H18F3N5O2/c18-17(19,20)11-3-1-2-4-12(11)24-14-13(21)15(23-9-22-14)25-7-5-10(6-8-25)16(26)27/h1-4,9-10H,5-8,21H2,(H,26,27)(H,22,23,24). The number of para-hydroxylation sites is 1. The third-order valence-corrected chi connectivity index (χ3v) is 4.49. The molecular weight excluding hydrogens is 363 g/mol. The molecule has 10 heteroatoms. The van der Waals surface area contributed by atoms with Crippen LogP contribution in [0.4, 0.5) is 36.2 Å². The molecule has 0 saturated carbocycles. The summed E-state index contributed by atoms with van der Waals surface area (Å²) in [7, 11) is 0. The van der Waals surface area contributed by atoms with Gasteiger partial charge in [0, 0.05) is 13.1 Å². The van der Waals surface area contributed by atoms with E-state index in [9.17, 15) is 18.0 Å². The number of nitrogens with zero attached hydrogens (tertiary/aromatic N) is 3. The molecule has 2 aromatic rings. The first-order valence-electron chi connectivity index (χ1n) is 8.29. The minimum absolute atomic E-state index is 0.0667. The summed E-state index contributed by atoms with van der Waals surface area (Å²) in [5.41, 5.74) is 5.21. The van der Waals surface area contributed by atoms with E-state index in [2.05, 4.69) is 15.3 Å². The third-order valence-electron chi connectivity index (χ3n) is 4.49. The van der Waals surface area contributed by atoms with Crippen molar-refractivity contribution in [1.29, 1.82) is 0 Å². The molecule has 1 aromatic heterocycles. The average Bonchev–Trinajstić information content (AvgIpc) is 2.63. The third kappa shape index (κ3) is 4.04. The van der Waals surface area contributed by atoms with Crippen LogP contribution in [0.3, 0.4) is 0 Å². The van der Waals surface area contributed by atoms with Crippen LogP contribution in [0.25, 0.3) is 0 Å². The van der Waals surface area contributed by atoms with Crippen LogP contribution in [-0.4, -0.2) is 34.1 Å². The molecule has 1 aliphatic rings. The number of nitrogens with one attached hydrogen (secondary N) is 1. The lowest BCUT2D eigenvalue weighted by Crippen LogP contribution is -2.37. The van der Waals surface area contributed by atoms with Gasteiger partial charge in [-0.05, 0) is 25.0 Å². The molecule has 0 amide bonds. The van der Waals surface area contributed by atoms with E-state index in [4.69, 9.17) is 10.8 Å². The number of anilines is 4. The molecular formula is C17H18F3N5O2. The lowest BCUT2D eigenvalue weighted by molar-refractivity contribution is -0.142. The van der Waals surface area contributed by atoms with Crippen LogP contribution in [0, 0.1) is 5.92 Å². The topological polar surface area (TPSA) is 104 Å². The second-order valence-electron chi connectivity index (χ2n) is 6.23. The van der Waals surface area contributed by atoms with Crippen LogP contribution >= 0.6 is 0 Å². The van der Waals surface area contributed by atoms with Gasteiger partial charge in [-0.1, -0.05) is 12.1 Å². The minimum Gasteiger partial charge on any atom is -0.481 e. The van der Waals surface area contributed by atoms with Crippen LogP contribution in [0.2, 0.25) is 0 Å². The van der Waals surface area contributed by atoms with Gasteiger partial charge < -0.3 is 21.1 Å². The van der Waals surface area contributed by atoms with Crippen molar-refractivity contribution < 1.29 is 23.1 Å². The van der Waals surface area contributed by atoms with Crippen molar-refractivity contribution in [2.45, 2.75) is 19.0 Å². The zero-order valence-corrected chi connectivity index (χ0v) is 14.2. The number of rotatable bonds is 4. The maximum atomic E-state index is 13.2. The molecule has 1 aliphatic heterocycles. The number of piperidine rings is 1. The van der Waals surface area contributed by atoms with Gasteiger partial charge in [0.05, 0.1) is 17.2 Å². The predicted octanol–water partition coefficient (Wildman–Crippen LogP) is 3.12. The molecule has 0 aliphatic carbocycles. The quantitative estimate of drug-likeness (QED) is 0.747. The van der Waals surface area contributed by atoms with Crippen LogP contribution in [0.5, 0.6) is 0 Å². The Balaban J connectivity index is 1.84. The number of aromatic nitrogens is 2. The number of alkyl halides is 3. The summed E-state index contributed by atoms with van der Waals surface area (Å²) in [5.74, 6) is -0.810. The molecule has 27 heavy (non-hydrogen) atoms. The monoisotopic (exact) mass is 381 g/mol. The number of benzene rings is 1. The van der Waals surface area contributed by atoms with E-state index in [0.29, 0.717) is 31.7 Å². The van der Waals surface area contributed by atoms with Crippen molar-refractivity contribution in [3.05, 3.63) is 36.2 Å². The number of halogens is 3. The molecule has 144 valence electrons. The van der Waals surface area contributed by atoms with Crippen LogP contribution in [0.15, 0.2) is 30.6 Å². The van der Waals surface area contributed by atoms with E-state index in [0.717, 1.165) is 6.07 Å². The van der Waals surface area contributed by atoms with Crippen molar-refractivity contribution in [3.63, 3.8) is 0 Å². The van der Waals surface area contributed by atoms with Crippen molar-refractivity contribution in [2.75, 3.05) is 29.0 Å². The molecule has 1 saturated heterocycles. The van der Waals surface area contributed by atoms with Crippen molar-refractivity contribution in [2.24, 2.45) is 5.92 Å². The molecule has 0 unspecified atom stereocenters. The Morgan fingerprint density at radius 2 is 1.89 bits per heavy atom. The Hall–Kier alpha value is -3.04. The number of carboxylic acids is 1. The second-order valence-corrected chi connectivity index (χ2v) is 6.23. The summed E-state index contributed by atoms with van der Waals surface area (Å²) in [6.07, 6.45) is -2.42. The van der Waals surface area contributed by atoms with Gasteiger partial charge in [-0.25, -0.2) is 9.97 Å². The highest BCUT2D eigenvalue weighted by Gasteiger charge is 2.33. The van der Waals surface area contributed by atoms with Crippen LogP contribution in [-0.2, 0) is 11.0 Å². The van der Waals surface area contributed by atoms with Gasteiger partial charge in [0.1, 0.15) is 12.0 Å². The fraction of sp³-hybridized carbons (Fsp3) is 0.353. The summed E-state index contributed by atoms with van der Waals surface area (Å²) in [6.45, 7) is 0.882. The first kappa shape index (κ1) is 18.7. The Kier molecular flexibility index (Phi) is 5.06. The molecule has 2 heterocycles. The number of nitrogen functional groups attached to an aromatic ring is 1. The fourth-order valence-electron chi connectivity index (χ4n) is 3.04. The maximum absolute atomic E-state index is 13.2. The smallest absolute Gasteiger partial charge is 0.418 e. The van der Waals surface area contributed by atoms with Crippen LogP contribution in [0.1, 0.15) is 18.4 Å². The van der Waals surface area contributed by atoms with Crippen molar-refractivity contribution >= 4 is 29.0 Å². The van der Waals surface area contributed by atoms with E-state index < -0.39 is 23.6 Å². The SMILES string of the molecule is Nc1c(Nc2ccccc2C(F)(F)F)ncnc1N1CCC(C(=O)O)CC1. The van der Waals surface area contributed by atoms with Gasteiger partial charge in [0.25, 0.3) is 0 Å². The normalized spacial score (nSPS) is 15.6. The van der Waals surface area contributed by atoms with Gasteiger partial charge in [-0.3, -0.25) is 4.79 Å². The van der Waals surface area contributed by atoms with Gasteiger partial charge in [-0.15, -0.1) is 0 Å². The van der Waals surface area contributed by atoms with E-state index in [-0.39, 0.29) is 17.2 Å². The molecule has 1 fully saturated rings. The maximum Gasteiger partial charge on any atom is 0.418 e. The van der Waals surface area contributed by atoms with Crippen molar-refractivity contribution in [1.82, 2.24) is 9.97 Å². The number of nitrogens with two attached hydrogens (primary N) is 1. The molecule has 4 N–H and O–H groups in total. The Morgan fingerprint density at radius 3 is 2.52 bits per heavy atom. The number of hydrogen-bond acceptors (Lipinski definition) is 6. The number of aliphatic carboxylic acids is 1. The molecule has 0 atom stereocenters. The Morgan fingerprint density at radius 1 is 1.22 bits per heavy atom. The molecule has 1 aromatic carbocycles. The van der Waals surface area contributed by atoms with Crippen LogP contribution < -0.4 is 16.0 Å². The summed E-state index contributed by atoms with van der Waals surface area (Å²) in [4.78, 5) is 21.0. The number of carboxylic acid groups (broad SMARTS) is 1. The van der Waals surface area contributed by atoms with E-state index >= 15 is 0 Å². The molecule has 3 rings (SSSR count). The first-order chi connectivity index (χ1) is 12.8. The molecule has 0 bridgehead atoms. The average molecular weight is 381 g/mol. The molecule has 7 nitrogen and oxygen atoms in total. The minimum atomic E-state index is -4.52. The summed E-state index contributed by atoms with van der Waals surface area (Å²) in [5, 5.41) is 11.7. The fourth-order valence-corrected chi connectivity index (χ4v) is 3.04. The molecule has 0 spiro atoms. The number of carbonyl (C=O) groups is 1. The summed E-state index contributed by atoms with van der Waals surface area (Å²) in [6, 6.07) is 5.04. The largest absolute Gasteiger partial charge is 0.481 e. The molecule has 0 radical (unpaired) electrons. The zero-order chi connectivity index (χ0) is 19.6.